The molecule has 1 fully saturated rings. The molecular formula is C8H9F2NO2. The average Bonchev–Trinajstić information content (AvgIpc) is 2.50. The van der Waals surface area contributed by atoms with Crippen molar-refractivity contribution in [1.29, 1.82) is 0 Å². The van der Waals surface area contributed by atoms with Gasteiger partial charge in [-0.2, -0.15) is 8.78 Å². The minimum absolute atomic E-state index is 0.160. The van der Waals surface area contributed by atoms with Crippen molar-refractivity contribution in [2.45, 2.75) is 19.1 Å². The van der Waals surface area contributed by atoms with E-state index in [-0.39, 0.29) is 6.54 Å². The first-order chi connectivity index (χ1) is 6.13. The molecule has 72 valence electrons. The SMILES string of the molecule is C#CC(=O)N1CCC(OC(F)F)C1. The zero-order valence-electron chi connectivity index (χ0n) is 6.87. The zero-order chi connectivity index (χ0) is 9.84. The summed E-state index contributed by atoms with van der Waals surface area (Å²) in [5.41, 5.74) is 0. The largest absolute Gasteiger partial charge is 0.345 e. The summed E-state index contributed by atoms with van der Waals surface area (Å²) in [6.07, 6.45) is 4.70. The van der Waals surface area contributed by atoms with Gasteiger partial charge in [0, 0.05) is 13.1 Å². The van der Waals surface area contributed by atoms with Gasteiger partial charge in [0.25, 0.3) is 5.91 Å². The fourth-order valence-electron chi connectivity index (χ4n) is 1.26. The van der Waals surface area contributed by atoms with E-state index in [1.807, 2.05) is 5.92 Å². The Hall–Kier alpha value is -1.15. The highest BCUT2D eigenvalue weighted by atomic mass is 19.3. The van der Waals surface area contributed by atoms with Crippen LogP contribution in [0.4, 0.5) is 8.78 Å². The second kappa shape index (κ2) is 4.19. The third-order valence-corrected chi connectivity index (χ3v) is 1.85. The highest BCUT2D eigenvalue weighted by Gasteiger charge is 2.27. The van der Waals surface area contributed by atoms with Crippen molar-refractivity contribution in [3.8, 4) is 12.3 Å². The lowest BCUT2D eigenvalue weighted by Crippen LogP contribution is -2.29. The Bertz CT molecular complexity index is 237. The van der Waals surface area contributed by atoms with Crippen LogP contribution >= 0.6 is 0 Å². The van der Waals surface area contributed by atoms with E-state index in [1.54, 1.807) is 0 Å². The molecule has 0 spiro atoms. The molecule has 1 saturated heterocycles. The van der Waals surface area contributed by atoms with E-state index in [1.165, 1.54) is 4.90 Å². The summed E-state index contributed by atoms with van der Waals surface area (Å²) < 4.78 is 27.7. The van der Waals surface area contributed by atoms with Crippen molar-refractivity contribution in [1.82, 2.24) is 4.90 Å². The van der Waals surface area contributed by atoms with Crippen molar-refractivity contribution in [2.24, 2.45) is 0 Å². The van der Waals surface area contributed by atoms with Crippen LogP contribution in [0, 0.1) is 12.3 Å². The molecule has 0 bridgehead atoms. The third kappa shape index (κ3) is 2.67. The number of amides is 1. The minimum atomic E-state index is -2.79. The molecule has 0 N–H and O–H groups in total. The van der Waals surface area contributed by atoms with E-state index < -0.39 is 18.6 Å². The van der Waals surface area contributed by atoms with Crippen molar-refractivity contribution >= 4 is 5.91 Å². The van der Waals surface area contributed by atoms with Crippen LogP contribution < -0.4 is 0 Å². The maximum Gasteiger partial charge on any atom is 0.345 e. The first-order valence-corrected chi connectivity index (χ1v) is 3.82. The van der Waals surface area contributed by atoms with Gasteiger partial charge in [-0.1, -0.05) is 0 Å². The maximum absolute atomic E-state index is 11.7. The van der Waals surface area contributed by atoms with Gasteiger partial charge in [0.2, 0.25) is 0 Å². The lowest BCUT2D eigenvalue weighted by molar-refractivity contribution is -0.159. The van der Waals surface area contributed by atoms with Gasteiger partial charge in [-0.15, -0.1) is 6.42 Å². The summed E-state index contributed by atoms with van der Waals surface area (Å²) in [6.45, 7) is -2.24. The highest BCUT2D eigenvalue weighted by molar-refractivity contribution is 5.93. The van der Waals surface area contributed by atoms with Crippen molar-refractivity contribution in [2.75, 3.05) is 13.1 Å². The smallest absolute Gasteiger partial charge is 0.329 e. The molecule has 1 aliphatic heterocycles. The van der Waals surface area contributed by atoms with Gasteiger partial charge in [0.1, 0.15) is 0 Å². The second-order valence-corrected chi connectivity index (χ2v) is 2.70. The van der Waals surface area contributed by atoms with Crippen LogP contribution in [0.1, 0.15) is 6.42 Å². The predicted molar refractivity (Wildman–Crippen MR) is 40.9 cm³/mol. The number of nitrogens with zero attached hydrogens (tertiary/aromatic N) is 1. The van der Waals surface area contributed by atoms with Crippen LogP contribution in [0.2, 0.25) is 0 Å². The van der Waals surface area contributed by atoms with E-state index >= 15 is 0 Å². The first kappa shape index (κ1) is 9.93. The van der Waals surface area contributed by atoms with Crippen molar-refractivity contribution in [3.63, 3.8) is 0 Å². The van der Waals surface area contributed by atoms with Crippen LogP contribution in [-0.4, -0.2) is 36.6 Å². The number of hydrogen-bond acceptors (Lipinski definition) is 2. The number of likely N-dealkylation sites (tertiary alicyclic amines) is 1. The molecule has 0 aromatic rings. The van der Waals surface area contributed by atoms with Gasteiger partial charge in [0.15, 0.2) is 0 Å². The number of ether oxygens (including phenoxy) is 1. The Morgan fingerprint density at radius 2 is 2.38 bits per heavy atom. The monoisotopic (exact) mass is 189 g/mol. The Balaban J connectivity index is 2.37. The molecule has 13 heavy (non-hydrogen) atoms. The summed E-state index contributed by atoms with van der Waals surface area (Å²) in [5.74, 6) is 1.45. The minimum Gasteiger partial charge on any atom is -0.329 e. The van der Waals surface area contributed by atoms with Gasteiger partial charge in [-0.25, -0.2) is 0 Å². The molecule has 1 heterocycles. The van der Waals surface area contributed by atoms with E-state index in [4.69, 9.17) is 6.42 Å². The summed E-state index contributed by atoms with van der Waals surface area (Å²) >= 11 is 0. The third-order valence-electron chi connectivity index (χ3n) is 1.85. The van der Waals surface area contributed by atoms with Gasteiger partial charge >= 0.3 is 6.61 Å². The Kier molecular flexibility index (Phi) is 3.20. The molecule has 0 aromatic carbocycles. The first-order valence-electron chi connectivity index (χ1n) is 3.82. The highest BCUT2D eigenvalue weighted by Crippen LogP contribution is 2.15. The molecule has 1 amide bonds. The quantitative estimate of drug-likeness (QED) is 0.590. The molecule has 5 heteroatoms. The molecule has 0 saturated carbocycles. The fraction of sp³-hybridized carbons (Fsp3) is 0.625. The number of carbonyl (C=O) groups is 1. The molecule has 0 aromatic heterocycles. The summed E-state index contributed by atoms with van der Waals surface area (Å²) in [4.78, 5) is 12.2. The van der Waals surface area contributed by atoms with Gasteiger partial charge in [0.05, 0.1) is 6.10 Å². The zero-order valence-corrected chi connectivity index (χ0v) is 6.87. The molecule has 1 unspecified atom stereocenters. The lowest BCUT2D eigenvalue weighted by Gasteiger charge is -2.12. The Morgan fingerprint density at radius 1 is 1.69 bits per heavy atom. The van der Waals surface area contributed by atoms with Gasteiger partial charge in [-0.3, -0.25) is 4.79 Å². The van der Waals surface area contributed by atoms with E-state index in [9.17, 15) is 13.6 Å². The molecule has 1 aliphatic rings. The number of rotatable bonds is 2. The van der Waals surface area contributed by atoms with Crippen molar-refractivity contribution < 1.29 is 18.3 Å². The van der Waals surface area contributed by atoms with Gasteiger partial charge < -0.3 is 9.64 Å². The number of halogens is 2. The molecule has 1 rings (SSSR count). The number of alkyl halides is 2. The average molecular weight is 189 g/mol. The molecular weight excluding hydrogens is 180 g/mol. The van der Waals surface area contributed by atoms with Crippen LogP contribution in [0.15, 0.2) is 0 Å². The number of hydrogen-bond donors (Lipinski definition) is 0. The van der Waals surface area contributed by atoms with Crippen LogP contribution in [0.3, 0.4) is 0 Å². The lowest BCUT2D eigenvalue weighted by atomic mass is 10.3. The molecule has 0 aliphatic carbocycles. The fourth-order valence-corrected chi connectivity index (χ4v) is 1.26. The van der Waals surface area contributed by atoms with Crippen LogP contribution in [0.25, 0.3) is 0 Å². The number of terminal acetylenes is 1. The number of carbonyl (C=O) groups excluding carboxylic acids is 1. The Labute approximate surface area is 74.7 Å². The second-order valence-electron chi connectivity index (χ2n) is 2.70. The summed E-state index contributed by atoms with van der Waals surface area (Å²) in [6, 6.07) is 0. The summed E-state index contributed by atoms with van der Waals surface area (Å²) in [7, 11) is 0. The Morgan fingerprint density at radius 3 is 2.92 bits per heavy atom. The maximum atomic E-state index is 11.7. The van der Waals surface area contributed by atoms with Crippen LogP contribution in [0.5, 0.6) is 0 Å². The molecule has 3 nitrogen and oxygen atoms in total. The summed E-state index contributed by atoms with van der Waals surface area (Å²) in [5, 5.41) is 0. The van der Waals surface area contributed by atoms with Crippen molar-refractivity contribution in [3.05, 3.63) is 0 Å². The van der Waals surface area contributed by atoms with E-state index in [2.05, 4.69) is 4.74 Å². The molecule has 0 radical (unpaired) electrons. The predicted octanol–water partition coefficient (Wildman–Crippen LogP) is 0.460. The van der Waals surface area contributed by atoms with Gasteiger partial charge in [-0.05, 0) is 12.3 Å². The normalized spacial score (nSPS) is 22.0. The van der Waals surface area contributed by atoms with E-state index in [0.717, 1.165) is 0 Å². The van der Waals surface area contributed by atoms with E-state index in [0.29, 0.717) is 13.0 Å². The standard InChI is InChI=1S/C8H9F2NO2/c1-2-7(12)11-4-3-6(5-11)13-8(9)10/h1,6,8H,3-5H2. The van der Waals surface area contributed by atoms with Crippen LogP contribution in [-0.2, 0) is 9.53 Å². The topological polar surface area (TPSA) is 29.5 Å². The molecule has 1 atom stereocenters.